The summed E-state index contributed by atoms with van der Waals surface area (Å²) in [7, 11) is 0. The van der Waals surface area contributed by atoms with E-state index in [1.807, 2.05) is 19.9 Å². The standard InChI is InChI=1S/C14H22N2O/c1-6-7-15-9-14(17)13-8-11(4)16(10(2)3)12(13)5/h6,8,10,15H,1,7,9H2,2-5H3. The highest BCUT2D eigenvalue weighted by Gasteiger charge is 2.16. The first-order chi connectivity index (χ1) is 7.99. The Hall–Kier alpha value is -1.35. The van der Waals surface area contributed by atoms with Crippen LogP contribution in [-0.2, 0) is 0 Å². The van der Waals surface area contributed by atoms with E-state index in [1.165, 1.54) is 0 Å². The fourth-order valence-electron chi connectivity index (χ4n) is 2.24. The predicted octanol–water partition coefficient (Wildman–Crippen LogP) is 2.64. The van der Waals surface area contributed by atoms with Gasteiger partial charge in [0.15, 0.2) is 5.78 Å². The minimum absolute atomic E-state index is 0.145. The SMILES string of the molecule is C=CCNCC(=O)c1cc(C)n(C(C)C)c1C. The number of ketones is 1. The second kappa shape index (κ2) is 5.82. The molecule has 0 atom stereocenters. The number of nitrogens with zero attached hydrogens (tertiary/aromatic N) is 1. The van der Waals surface area contributed by atoms with E-state index in [-0.39, 0.29) is 5.78 Å². The Bertz CT molecular complexity index is 416. The molecule has 0 aliphatic rings. The third-order valence-corrected chi connectivity index (χ3v) is 2.88. The van der Waals surface area contributed by atoms with E-state index in [2.05, 4.69) is 30.3 Å². The molecule has 0 unspecified atom stereocenters. The van der Waals surface area contributed by atoms with Crippen molar-refractivity contribution in [1.29, 1.82) is 0 Å². The molecule has 0 bridgehead atoms. The van der Waals surface area contributed by atoms with Gasteiger partial charge in [-0.1, -0.05) is 6.08 Å². The number of Topliss-reactive ketones (excluding diaryl/α,β-unsaturated/α-hetero) is 1. The molecule has 0 spiro atoms. The van der Waals surface area contributed by atoms with E-state index in [0.29, 0.717) is 19.1 Å². The Morgan fingerprint density at radius 1 is 1.53 bits per heavy atom. The number of hydrogen-bond donors (Lipinski definition) is 1. The van der Waals surface area contributed by atoms with Gasteiger partial charge in [0.05, 0.1) is 6.54 Å². The summed E-state index contributed by atoms with van der Waals surface area (Å²) in [5, 5.41) is 3.04. The highest BCUT2D eigenvalue weighted by atomic mass is 16.1. The third-order valence-electron chi connectivity index (χ3n) is 2.88. The second-order valence-electron chi connectivity index (χ2n) is 4.59. The largest absolute Gasteiger partial charge is 0.346 e. The van der Waals surface area contributed by atoms with Crippen LogP contribution in [-0.4, -0.2) is 23.4 Å². The van der Waals surface area contributed by atoms with Gasteiger partial charge in [-0.3, -0.25) is 4.79 Å². The molecule has 17 heavy (non-hydrogen) atoms. The van der Waals surface area contributed by atoms with E-state index in [1.54, 1.807) is 6.08 Å². The van der Waals surface area contributed by atoms with Gasteiger partial charge in [-0.15, -0.1) is 6.58 Å². The van der Waals surface area contributed by atoms with Gasteiger partial charge in [-0.05, 0) is 33.8 Å². The quantitative estimate of drug-likeness (QED) is 0.466. The first kappa shape index (κ1) is 13.7. The fourth-order valence-corrected chi connectivity index (χ4v) is 2.24. The van der Waals surface area contributed by atoms with Gasteiger partial charge >= 0.3 is 0 Å². The summed E-state index contributed by atoms with van der Waals surface area (Å²) in [5.41, 5.74) is 3.03. The highest BCUT2D eigenvalue weighted by molar-refractivity contribution is 5.99. The van der Waals surface area contributed by atoms with Crippen LogP contribution in [0.2, 0.25) is 0 Å². The molecule has 0 radical (unpaired) electrons. The van der Waals surface area contributed by atoms with E-state index < -0.39 is 0 Å². The van der Waals surface area contributed by atoms with Crippen molar-refractivity contribution in [2.45, 2.75) is 33.7 Å². The number of hydrogen-bond acceptors (Lipinski definition) is 2. The monoisotopic (exact) mass is 234 g/mol. The lowest BCUT2D eigenvalue weighted by atomic mass is 10.1. The summed E-state index contributed by atoms with van der Waals surface area (Å²) >= 11 is 0. The normalized spacial score (nSPS) is 10.9. The van der Waals surface area contributed by atoms with E-state index in [9.17, 15) is 4.79 Å². The molecule has 0 amide bonds. The first-order valence-corrected chi connectivity index (χ1v) is 6.02. The Morgan fingerprint density at radius 2 is 2.18 bits per heavy atom. The van der Waals surface area contributed by atoms with Crippen LogP contribution in [0.1, 0.15) is 41.6 Å². The van der Waals surface area contributed by atoms with Gasteiger partial charge in [-0.25, -0.2) is 0 Å². The number of nitrogens with one attached hydrogen (secondary N) is 1. The van der Waals surface area contributed by atoms with Crippen LogP contribution in [0, 0.1) is 13.8 Å². The van der Waals surface area contributed by atoms with Gasteiger partial charge in [0.25, 0.3) is 0 Å². The van der Waals surface area contributed by atoms with Crippen LogP contribution in [0.25, 0.3) is 0 Å². The Labute approximate surface area is 104 Å². The van der Waals surface area contributed by atoms with Crippen molar-refractivity contribution in [3.8, 4) is 0 Å². The molecule has 3 nitrogen and oxygen atoms in total. The smallest absolute Gasteiger partial charge is 0.178 e. The third kappa shape index (κ3) is 3.07. The summed E-state index contributed by atoms with van der Waals surface area (Å²) in [6, 6.07) is 2.37. The maximum atomic E-state index is 12.0. The first-order valence-electron chi connectivity index (χ1n) is 6.02. The van der Waals surface area contributed by atoms with Crippen molar-refractivity contribution in [3.05, 3.63) is 35.7 Å². The highest BCUT2D eigenvalue weighted by Crippen LogP contribution is 2.20. The second-order valence-corrected chi connectivity index (χ2v) is 4.59. The number of aryl methyl sites for hydroxylation is 1. The van der Waals surface area contributed by atoms with Crippen molar-refractivity contribution in [2.75, 3.05) is 13.1 Å². The summed E-state index contributed by atoms with van der Waals surface area (Å²) in [6.07, 6.45) is 1.75. The Morgan fingerprint density at radius 3 is 2.65 bits per heavy atom. The number of rotatable bonds is 6. The zero-order valence-electron chi connectivity index (χ0n) is 11.2. The van der Waals surface area contributed by atoms with Crippen molar-refractivity contribution < 1.29 is 4.79 Å². The molecule has 94 valence electrons. The molecule has 0 aliphatic heterocycles. The molecule has 3 heteroatoms. The Kier molecular flexibility index (Phi) is 4.70. The lowest BCUT2D eigenvalue weighted by Crippen LogP contribution is -2.23. The molecule has 0 saturated carbocycles. The van der Waals surface area contributed by atoms with Crippen molar-refractivity contribution in [3.63, 3.8) is 0 Å². The predicted molar refractivity (Wildman–Crippen MR) is 71.7 cm³/mol. The van der Waals surface area contributed by atoms with Gasteiger partial charge in [0.2, 0.25) is 0 Å². The molecule has 1 rings (SSSR count). The number of carbonyl (C=O) groups excluding carboxylic acids is 1. The molecular formula is C14H22N2O. The molecule has 1 N–H and O–H groups in total. The minimum Gasteiger partial charge on any atom is -0.346 e. The molecule has 1 aromatic heterocycles. The zero-order chi connectivity index (χ0) is 13.0. The molecule has 0 aliphatic carbocycles. The zero-order valence-corrected chi connectivity index (χ0v) is 11.2. The van der Waals surface area contributed by atoms with Crippen LogP contribution in [0.15, 0.2) is 18.7 Å². The van der Waals surface area contributed by atoms with E-state index in [4.69, 9.17) is 0 Å². The topological polar surface area (TPSA) is 34.0 Å². The van der Waals surface area contributed by atoms with Crippen molar-refractivity contribution in [2.24, 2.45) is 0 Å². The fraction of sp³-hybridized carbons (Fsp3) is 0.500. The Balaban J connectivity index is 2.88. The van der Waals surface area contributed by atoms with Gasteiger partial charge in [0.1, 0.15) is 0 Å². The summed E-state index contributed by atoms with van der Waals surface area (Å²) in [4.78, 5) is 12.0. The molecular weight excluding hydrogens is 212 g/mol. The van der Waals surface area contributed by atoms with Crippen LogP contribution in [0.3, 0.4) is 0 Å². The summed E-state index contributed by atoms with van der Waals surface area (Å²) < 4.78 is 2.20. The van der Waals surface area contributed by atoms with Crippen LogP contribution < -0.4 is 5.32 Å². The maximum Gasteiger partial charge on any atom is 0.178 e. The minimum atomic E-state index is 0.145. The summed E-state index contributed by atoms with van der Waals surface area (Å²) in [5.74, 6) is 0.145. The number of carbonyl (C=O) groups is 1. The van der Waals surface area contributed by atoms with Crippen LogP contribution >= 0.6 is 0 Å². The van der Waals surface area contributed by atoms with E-state index in [0.717, 1.165) is 17.0 Å². The lowest BCUT2D eigenvalue weighted by Gasteiger charge is -2.13. The van der Waals surface area contributed by atoms with E-state index >= 15 is 0 Å². The van der Waals surface area contributed by atoms with Crippen molar-refractivity contribution in [1.82, 2.24) is 9.88 Å². The molecule has 1 heterocycles. The lowest BCUT2D eigenvalue weighted by molar-refractivity contribution is 0.0991. The molecule has 0 aromatic carbocycles. The number of aromatic nitrogens is 1. The van der Waals surface area contributed by atoms with Crippen LogP contribution in [0.4, 0.5) is 0 Å². The average molecular weight is 234 g/mol. The maximum absolute atomic E-state index is 12.0. The van der Waals surface area contributed by atoms with Gasteiger partial charge < -0.3 is 9.88 Å². The van der Waals surface area contributed by atoms with Crippen molar-refractivity contribution >= 4 is 5.78 Å². The average Bonchev–Trinajstić information content (AvgIpc) is 2.54. The van der Waals surface area contributed by atoms with Gasteiger partial charge in [0, 0.05) is 29.5 Å². The van der Waals surface area contributed by atoms with Gasteiger partial charge in [-0.2, -0.15) is 0 Å². The summed E-state index contributed by atoms with van der Waals surface area (Å²) in [6.45, 7) is 13.0. The molecule has 0 saturated heterocycles. The van der Waals surface area contributed by atoms with Crippen LogP contribution in [0.5, 0.6) is 0 Å². The molecule has 0 fully saturated rings. The molecule has 1 aromatic rings.